The molecule has 0 bridgehead atoms. The van der Waals surface area contributed by atoms with Crippen molar-refractivity contribution in [2.75, 3.05) is 13.1 Å². The zero-order valence-electron chi connectivity index (χ0n) is 11.2. The molecule has 1 aliphatic rings. The fraction of sp³-hybridized carbons (Fsp3) is 0.462. The molecule has 1 saturated heterocycles. The Morgan fingerprint density at radius 3 is 2.81 bits per heavy atom. The van der Waals surface area contributed by atoms with Crippen LogP contribution in [-0.2, 0) is 9.59 Å². The number of carboxylic acids is 1. The minimum Gasteiger partial charge on any atom is -0.481 e. The van der Waals surface area contributed by atoms with E-state index < -0.39 is 11.9 Å². The van der Waals surface area contributed by atoms with Gasteiger partial charge in [-0.3, -0.25) is 14.4 Å². The van der Waals surface area contributed by atoms with Crippen molar-refractivity contribution in [2.45, 2.75) is 25.3 Å². The molecule has 2 heterocycles. The zero-order chi connectivity index (χ0) is 15.4. The summed E-state index contributed by atoms with van der Waals surface area (Å²) >= 11 is 3.09. The van der Waals surface area contributed by atoms with Crippen LogP contribution < -0.4 is 5.32 Å². The summed E-state index contributed by atoms with van der Waals surface area (Å²) in [5.41, 5.74) is 0. The van der Waals surface area contributed by atoms with Gasteiger partial charge in [-0.2, -0.15) is 0 Å². The lowest BCUT2D eigenvalue weighted by atomic mass is 10.1. The van der Waals surface area contributed by atoms with E-state index in [4.69, 9.17) is 9.52 Å². The maximum atomic E-state index is 12.1. The van der Waals surface area contributed by atoms with Crippen molar-refractivity contribution in [1.29, 1.82) is 0 Å². The second kappa shape index (κ2) is 6.75. The summed E-state index contributed by atoms with van der Waals surface area (Å²) in [4.78, 5) is 36.1. The number of hydrogen-bond donors (Lipinski definition) is 2. The van der Waals surface area contributed by atoms with Gasteiger partial charge in [-0.05, 0) is 40.9 Å². The molecule has 21 heavy (non-hydrogen) atoms. The van der Waals surface area contributed by atoms with Crippen molar-refractivity contribution in [2.24, 2.45) is 0 Å². The highest BCUT2D eigenvalue weighted by Crippen LogP contribution is 2.20. The zero-order valence-corrected chi connectivity index (χ0v) is 12.8. The molecule has 1 aromatic rings. The predicted octanol–water partition coefficient (Wildman–Crippen LogP) is 1.24. The topological polar surface area (TPSA) is 99.9 Å². The van der Waals surface area contributed by atoms with Gasteiger partial charge in [0.1, 0.15) is 0 Å². The molecule has 0 saturated carbocycles. The molecule has 2 rings (SSSR count). The Morgan fingerprint density at radius 1 is 1.43 bits per heavy atom. The van der Waals surface area contributed by atoms with Crippen LogP contribution in [-0.4, -0.2) is 46.9 Å². The van der Waals surface area contributed by atoms with Crippen LogP contribution in [0, 0.1) is 0 Å². The van der Waals surface area contributed by atoms with E-state index in [1.54, 1.807) is 6.07 Å². The van der Waals surface area contributed by atoms with Crippen LogP contribution in [0.25, 0.3) is 0 Å². The smallest absolute Gasteiger partial charge is 0.305 e. The van der Waals surface area contributed by atoms with Crippen LogP contribution in [0.4, 0.5) is 0 Å². The predicted molar refractivity (Wildman–Crippen MR) is 75.7 cm³/mol. The first kappa shape index (κ1) is 15.6. The lowest BCUT2D eigenvalue weighted by Crippen LogP contribution is -2.43. The SMILES string of the molecule is O=C(O)CC1CCCN1C(=O)CNC(=O)c1ccc(Br)o1. The first-order valence-electron chi connectivity index (χ1n) is 6.52. The number of carboxylic acid groups (broad SMARTS) is 1. The number of nitrogens with zero attached hydrogens (tertiary/aromatic N) is 1. The highest BCUT2D eigenvalue weighted by molar-refractivity contribution is 9.10. The molecule has 1 fully saturated rings. The lowest BCUT2D eigenvalue weighted by molar-refractivity contribution is -0.139. The van der Waals surface area contributed by atoms with Crippen LogP contribution >= 0.6 is 15.9 Å². The number of amides is 2. The Morgan fingerprint density at radius 2 is 2.19 bits per heavy atom. The maximum Gasteiger partial charge on any atom is 0.305 e. The average Bonchev–Trinajstić information content (AvgIpc) is 3.04. The summed E-state index contributed by atoms with van der Waals surface area (Å²) in [7, 11) is 0. The van der Waals surface area contributed by atoms with E-state index >= 15 is 0 Å². The number of hydrogen-bond acceptors (Lipinski definition) is 4. The number of carbonyl (C=O) groups excluding carboxylic acids is 2. The lowest BCUT2D eigenvalue weighted by Gasteiger charge is -2.23. The maximum absolute atomic E-state index is 12.1. The molecule has 2 N–H and O–H groups in total. The largest absolute Gasteiger partial charge is 0.481 e. The van der Waals surface area contributed by atoms with E-state index in [2.05, 4.69) is 21.2 Å². The molecule has 8 heteroatoms. The third-order valence-corrected chi connectivity index (χ3v) is 3.73. The molecule has 1 aromatic heterocycles. The number of furan rings is 1. The van der Waals surface area contributed by atoms with E-state index in [-0.39, 0.29) is 30.7 Å². The minimum atomic E-state index is -0.927. The Balaban J connectivity index is 1.86. The Labute approximate surface area is 129 Å². The average molecular weight is 359 g/mol. The Hall–Kier alpha value is -1.83. The molecule has 0 aliphatic carbocycles. The highest BCUT2D eigenvalue weighted by Gasteiger charge is 2.30. The fourth-order valence-corrected chi connectivity index (χ4v) is 2.67. The van der Waals surface area contributed by atoms with Crippen LogP contribution in [0.3, 0.4) is 0 Å². The van der Waals surface area contributed by atoms with Gasteiger partial charge in [0.2, 0.25) is 5.91 Å². The molecule has 1 atom stereocenters. The first-order chi connectivity index (χ1) is 9.97. The van der Waals surface area contributed by atoms with E-state index in [9.17, 15) is 14.4 Å². The van der Waals surface area contributed by atoms with Crippen molar-refractivity contribution < 1.29 is 23.9 Å². The van der Waals surface area contributed by atoms with Gasteiger partial charge in [0.15, 0.2) is 10.4 Å². The molecular formula is C13H15BrN2O5. The quantitative estimate of drug-likeness (QED) is 0.824. The summed E-state index contributed by atoms with van der Waals surface area (Å²) in [5.74, 6) is -1.58. The number of nitrogens with one attached hydrogen (secondary N) is 1. The summed E-state index contributed by atoms with van der Waals surface area (Å²) in [6, 6.07) is 2.79. The van der Waals surface area contributed by atoms with Gasteiger partial charge in [-0.25, -0.2) is 0 Å². The van der Waals surface area contributed by atoms with Crippen LogP contribution in [0.2, 0.25) is 0 Å². The molecule has 1 unspecified atom stereocenters. The van der Waals surface area contributed by atoms with Crippen molar-refractivity contribution >= 4 is 33.7 Å². The molecule has 2 amide bonds. The second-order valence-electron chi connectivity index (χ2n) is 4.77. The molecule has 0 aromatic carbocycles. The monoisotopic (exact) mass is 358 g/mol. The molecule has 7 nitrogen and oxygen atoms in total. The molecule has 114 valence electrons. The Bertz CT molecular complexity index is 557. The first-order valence-corrected chi connectivity index (χ1v) is 7.31. The van der Waals surface area contributed by atoms with E-state index in [0.29, 0.717) is 17.6 Å². The minimum absolute atomic E-state index is 0.0647. The van der Waals surface area contributed by atoms with E-state index in [0.717, 1.165) is 6.42 Å². The van der Waals surface area contributed by atoms with Crippen molar-refractivity contribution in [3.05, 3.63) is 22.6 Å². The van der Waals surface area contributed by atoms with Crippen LogP contribution in [0.15, 0.2) is 21.2 Å². The standard InChI is InChI=1S/C13H15BrN2O5/c14-10-4-3-9(21-10)13(20)15-7-11(17)16-5-1-2-8(16)6-12(18)19/h3-4,8H,1-2,5-7H2,(H,15,20)(H,18,19). The van der Waals surface area contributed by atoms with Crippen LogP contribution in [0.1, 0.15) is 29.8 Å². The van der Waals surface area contributed by atoms with Gasteiger partial charge < -0.3 is 19.7 Å². The van der Waals surface area contributed by atoms with Gasteiger partial charge in [-0.15, -0.1) is 0 Å². The van der Waals surface area contributed by atoms with Crippen molar-refractivity contribution in [3.63, 3.8) is 0 Å². The second-order valence-corrected chi connectivity index (χ2v) is 5.55. The number of likely N-dealkylation sites (tertiary alicyclic amines) is 1. The van der Waals surface area contributed by atoms with Crippen LogP contribution in [0.5, 0.6) is 0 Å². The summed E-state index contributed by atoms with van der Waals surface area (Å²) in [6.07, 6.45) is 1.39. The summed E-state index contributed by atoms with van der Waals surface area (Å²) in [6.45, 7) is 0.353. The van der Waals surface area contributed by atoms with Crippen molar-refractivity contribution in [1.82, 2.24) is 10.2 Å². The third kappa shape index (κ3) is 4.07. The third-order valence-electron chi connectivity index (χ3n) is 3.30. The highest BCUT2D eigenvalue weighted by atomic mass is 79.9. The van der Waals surface area contributed by atoms with Crippen molar-refractivity contribution in [3.8, 4) is 0 Å². The van der Waals surface area contributed by atoms with Gasteiger partial charge >= 0.3 is 5.97 Å². The summed E-state index contributed by atoms with van der Waals surface area (Å²) in [5, 5.41) is 11.3. The number of halogens is 1. The van der Waals surface area contributed by atoms with Gasteiger partial charge in [0.25, 0.3) is 5.91 Å². The van der Waals surface area contributed by atoms with E-state index in [1.807, 2.05) is 0 Å². The fourth-order valence-electron chi connectivity index (χ4n) is 2.36. The molecule has 0 spiro atoms. The van der Waals surface area contributed by atoms with Gasteiger partial charge in [0.05, 0.1) is 13.0 Å². The molecular weight excluding hydrogens is 344 g/mol. The number of aliphatic carboxylic acids is 1. The van der Waals surface area contributed by atoms with Gasteiger partial charge in [0, 0.05) is 12.6 Å². The number of carbonyl (C=O) groups is 3. The van der Waals surface area contributed by atoms with E-state index in [1.165, 1.54) is 11.0 Å². The molecule has 1 aliphatic heterocycles. The summed E-state index contributed by atoms with van der Waals surface area (Å²) < 4.78 is 5.51. The number of rotatable bonds is 5. The van der Waals surface area contributed by atoms with Gasteiger partial charge in [-0.1, -0.05) is 0 Å². The Kier molecular flexibility index (Phi) is 5.00. The normalized spacial score (nSPS) is 17.8. The molecule has 0 radical (unpaired) electrons.